The van der Waals surface area contributed by atoms with Gasteiger partial charge >= 0.3 is 5.97 Å². The molecule has 3 fully saturated rings. The molecule has 2 heterocycles. The number of hydrogen-bond donors (Lipinski definition) is 0. The normalized spacial score (nSPS) is 32.4. The summed E-state index contributed by atoms with van der Waals surface area (Å²) >= 11 is 0. The number of Topliss-reactive ketones (excluding diaryl/α,β-unsaturated/α-hetero) is 1. The second-order valence-corrected chi connectivity index (χ2v) is 30.6. The van der Waals surface area contributed by atoms with Crippen LogP contribution in [0.3, 0.4) is 0 Å². The molecular formula is C38H64O8SSi2. The van der Waals surface area contributed by atoms with Gasteiger partial charge in [0.2, 0.25) is 0 Å². The first-order chi connectivity index (χ1) is 22.2. The first-order valence-electron chi connectivity index (χ1n) is 18.1. The lowest BCUT2D eigenvalue weighted by Gasteiger charge is -2.57. The van der Waals surface area contributed by atoms with Gasteiger partial charge in [-0.15, -0.1) is 0 Å². The summed E-state index contributed by atoms with van der Waals surface area (Å²) in [7, 11) is -6.86. The second-order valence-electron chi connectivity index (χ2n) is 18.9. The van der Waals surface area contributed by atoms with Crippen LogP contribution < -0.4 is 0 Å². The topological polar surface area (TPSA) is 105 Å². The molecule has 1 saturated carbocycles. The van der Waals surface area contributed by atoms with E-state index in [1.54, 1.807) is 30.3 Å². The molecule has 1 aliphatic carbocycles. The molecule has 0 unspecified atom stereocenters. The van der Waals surface area contributed by atoms with Crippen molar-refractivity contribution in [1.82, 2.24) is 0 Å². The fourth-order valence-electron chi connectivity index (χ4n) is 8.36. The molecular weight excluding hydrogens is 673 g/mol. The highest BCUT2D eigenvalue weighted by Gasteiger charge is 2.75. The third-order valence-electron chi connectivity index (χ3n) is 13.6. The average Bonchev–Trinajstić information content (AvgIpc) is 3.26. The maximum absolute atomic E-state index is 15.8. The lowest BCUT2D eigenvalue weighted by atomic mass is 9.50. The van der Waals surface area contributed by atoms with E-state index in [0.717, 1.165) is 6.42 Å². The number of rotatable bonds is 10. The number of fused-ring (bicyclic) bond motifs is 1. The summed E-state index contributed by atoms with van der Waals surface area (Å²) in [5.74, 6) is -2.63. The molecule has 4 rings (SSSR count). The number of ether oxygens (including phenoxy) is 2. The average molecular weight is 737 g/mol. The maximum atomic E-state index is 15.8. The van der Waals surface area contributed by atoms with Gasteiger partial charge in [-0.2, -0.15) is 0 Å². The molecule has 2 aliphatic heterocycles. The molecule has 1 aromatic carbocycles. The number of carbonyl (C=O) groups excluding carboxylic acids is 2. The van der Waals surface area contributed by atoms with Crippen LogP contribution in [-0.2, 0) is 37.8 Å². The van der Waals surface area contributed by atoms with Crippen molar-refractivity contribution in [2.45, 2.75) is 147 Å². The van der Waals surface area contributed by atoms with Crippen molar-refractivity contribution in [1.29, 1.82) is 0 Å². The standard InChI is InChI=1S/C38H64O8SSi2/c1-34(2,3)48(11,12)44-25-26-20-21-30(46-49(13,14)35(4,5)6)37(9)24-29-31(33(40)43-10)36(7,8)28(32(39)38(26,37)45-29)22-23-47(41,42)27-18-16-15-17-19-27/h15-19,26,28-31H,20-25H2,1-14H3/t26-,28+,29-,30+,31+,37-,38+/m1/s1. The number of carbonyl (C=O) groups is 2. The zero-order valence-electron chi connectivity index (χ0n) is 32.7. The van der Waals surface area contributed by atoms with Crippen LogP contribution in [0.5, 0.6) is 0 Å². The van der Waals surface area contributed by atoms with Gasteiger partial charge in [-0.3, -0.25) is 9.59 Å². The van der Waals surface area contributed by atoms with Crippen molar-refractivity contribution in [2.75, 3.05) is 19.5 Å². The summed E-state index contributed by atoms with van der Waals surface area (Å²) in [6.07, 6.45) is 1.06. The number of benzene rings is 1. The third-order valence-corrected chi connectivity index (χ3v) is 24.3. The number of esters is 1. The SMILES string of the molecule is COC(=O)[C@@H]1[C@H]2C[C@]3(C)[C@@H](O[Si](C)(C)C(C)(C)C)CC[C@H](CO[Si](C)(C)C(C)(C)C)[C@]3(O2)C(=O)[C@H](CCS(=O)(=O)c2ccccc2)C1(C)C. The van der Waals surface area contributed by atoms with Gasteiger partial charge in [-0.05, 0) is 79.5 Å². The molecule has 7 atom stereocenters. The molecule has 0 aromatic heterocycles. The summed E-state index contributed by atoms with van der Waals surface area (Å²) in [5.41, 5.74) is -3.04. The van der Waals surface area contributed by atoms with Crippen LogP contribution in [0.15, 0.2) is 35.2 Å². The van der Waals surface area contributed by atoms with E-state index in [9.17, 15) is 13.2 Å². The van der Waals surface area contributed by atoms with Gasteiger partial charge in [0.05, 0.1) is 35.9 Å². The first-order valence-corrected chi connectivity index (χ1v) is 25.6. The Kier molecular flexibility index (Phi) is 10.9. The summed E-state index contributed by atoms with van der Waals surface area (Å²) in [5, 5.41) is -0.0887. The van der Waals surface area contributed by atoms with E-state index >= 15 is 4.79 Å². The maximum Gasteiger partial charge on any atom is 0.311 e. The molecule has 1 spiro atoms. The zero-order chi connectivity index (χ0) is 37.2. The molecule has 8 nitrogen and oxygen atoms in total. The van der Waals surface area contributed by atoms with Gasteiger partial charge in [0.25, 0.3) is 0 Å². The second kappa shape index (κ2) is 13.2. The molecule has 278 valence electrons. The van der Waals surface area contributed by atoms with Crippen LogP contribution in [0.2, 0.25) is 36.3 Å². The van der Waals surface area contributed by atoms with Gasteiger partial charge in [-0.1, -0.05) is 80.5 Å². The largest absolute Gasteiger partial charge is 0.469 e. The Morgan fingerprint density at radius 2 is 1.51 bits per heavy atom. The molecule has 2 bridgehead atoms. The minimum absolute atomic E-state index is 0.0323. The minimum Gasteiger partial charge on any atom is -0.469 e. The lowest BCUT2D eigenvalue weighted by Crippen LogP contribution is -2.68. The van der Waals surface area contributed by atoms with Crippen LogP contribution in [-0.4, -0.2) is 74.1 Å². The summed E-state index contributed by atoms with van der Waals surface area (Å²) in [6, 6.07) is 8.37. The Hall–Kier alpha value is -1.38. The number of methoxy groups -OCH3 is 1. The molecule has 0 radical (unpaired) electrons. The fraction of sp³-hybridized carbons (Fsp3) is 0.789. The smallest absolute Gasteiger partial charge is 0.311 e. The number of ketones is 1. The van der Waals surface area contributed by atoms with E-state index < -0.39 is 66.8 Å². The number of hydrogen-bond acceptors (Lipinski definition) is 8. The van der Waals surface area contributed by atoms with E-state index in [1.807, 2.05) is 13.8 Å². The van der Waals surface area contributed by atoms with E-state index in [1.165, 1.54) is 7.11 Å². The monoisotopic (exact) mass is 736 g/mol. The van der Waals surface area contributed by atoms with Crippen molar-refractivity contribution in [3.05, 3.63) is 30.3 Å². The zero-order valence-corrected chi connectivity index (χ0v) is 35.5. The summed E-state index contributed by atoms with van der Waals surface area (Å²) < 4.78 is 54.1. The quantitative estimate of drug-likeness (QED) is 0.175. The lowest BCUT2D eigenvalue weighted by molar-refractivity contribution is -0.194. The molecule has 3 aliphatic rings. The Morgan fingerprint density at radius 3 is 2.04 bits per heavy atom. The Labute approximate surface area is 299 Å². The van der Waals surface area contributed by atoms with Crippen LogP contribution >= 0.6 is 0 Å². The van der Waals surface area contributed by atoms with Crippen LogP contribution in [0.25, 0.3) is 0 Å². The predicted molar refractivity (Wildman–Crippen MR) is 199 cm³/mol. The highest BCUT2D eigenvalue weighted by Crippen LogP contribution is 2.66. The van der Waals surface area contributed by atoms with Gasteiger partial charge in [0.1, 0.15) is 5.60 Å². The van der Waals surface area contributed by atoms with Crippen molar-refractivity contribution in [2.24, 2.45) is 28.6 Å². The Balaban J connectivity index is 1.90. The minimum atomic E-state index is -3.71. The summed E-state index contributed by atoms with van der Waals surface area (Å²) in [4.78, 5) is 29.8. The van der Waals surface area contributed by atoms with E-state index in [4.69, 9.17) is 18.3 Å². The molecule has 1 aromatic rings. The number of sulfone groups is 1. The van der Waals surface area contributed by atoms with Gasteiger partial charge in [0, 0.05) is 23.9 Å². The van der Waals surface area contributed by atoms with E-state index in [2.05, 4.69) is 74.7 Å². The fourth-order valence-corrected chi connectivity index (χ4v) is 12.2. The molecule has 0 N–H and O–H groups in total. The molecule has 11 heteroatoms. The highest BCUT2D eigenvalue weighted by atomic mass is 32.2. The van der Waals surface area contributed by atoms with Crippen molar-refractivity contribution < 1.29 is 36.3 Å². The van der Waals surface area contributed by atoms with Crippen molar-refractivity contribution in [3.63, 3.8) is 0 Å². The Bertz CT molecular complexity index is 1490. The first kappa shape index (κ1) is 40.4. The van der Waals surface area contributed by atoms with Crippen LogP contribution in [0.4, 0.5) is 0 Å². The molecule has 0 amide bonds. The molecule has 49 heavy (non-hydrogen) atoms. The van der Waals surface area contributed by atoms with Gasteiger partial charge < -0.3 is 18.3 Å². The van der Waals surface area contributed by atoms with E-state index in [-0.39, 0.29) is 45.0 Å². The van der Waals surface area contributed by atoms with Crippen LogP contribution in [0.1, 0.15) is 88.0 Å². The van der Waals surface area contributed by atoms with Gasteiger partial charge in [-0.25, -0.2) is 8.42 Å². The summed E-state index contributed by atoms with van der Waals surface area (Å²) in [6.45, 7) is 28.5. The molecule has 2 saturated heterocycles. The van der Waals surface area contributed by atoms with Gasteiger partial charge in [0.15, 0.2) is 32.3 Å². The van der Waals surface area contributed by atoms with Crippen molar-refractivity contribution in [3.8, 4) is 0 Å². The van der Waals surface area contributed by atoms with Crippen molar-refractivity contribution >= 4 is 38.2 Å². The predicted octanol–water partition coefficient (Wildman–Crippen LogP) is 8.22. The Morgan fingerprint density at radius 1 is 0.939 bits per heavy atom. The van der Waals surface area contributed by atoms with Crippen LogP contribution in [0, 0.1) is 28.6 Å². The van der Waals surface area contributed by atoms with E-state index in [0.29, 0.717) is 19.4 Å². The third kappa shape index (κ3) is 6.94. The highest BCUT2D eigenvalue weighted by molar-refractivity contribution is 7.91.